The molecule has 88 valence electrons. The van der Waals surface area contributed by atoms with Crippen molar-refractivity contribution in [2.24, 2.45) is 0 Å². The maximum Gasteiger partial charge on any atom is 0.255 e. The number of pyridine rings is 1. The van der Waals surface area contributed by atoms with Crippen LogP contribution in [0.5, 0.6) is 17.4 Å². The quantitative estimate of drug-likeness (QED) is 0.647. The summed E-state index contributed by atoms with van der Waals surface area (Å²) >= 11 is 7.66. The summed E-state index contributed by atoms with van der Waals surface area (Å²) in [5.41, 5.74) is 0. The van der Waals surface area contributed by atoms with E-state index < -0.39 is 5.82 Å². The minimum absolute atomic E-state index is 0.131. The first-order valence-electron chi connectivity index (χ1n) is 4.54. The Morgan fingerprint density at radius 2 is 2.12 bits per heavy atom. The number of nitrogens with zero attached hydrogens (tertiary/aromatic N) is 1. The van der Waals surface area contributed by atoms with E-state index in [1.807, 2.05) is 22.6 Å². The summed E-state index contributed by atoms with van der Waals surface area (Å²) in [6, 6.07) is 5.75. The number of ether oxygens (including phenoxy) is 1. The van der Waals surface area contributed by atoms with Gasteiger partial charge in [-0.25, -0.2) is 9.37 Å². The molecule has 2 aromatic rings. The van der Waals surface area contributed by atoms with E-state index in [9.17, 15) is 9.50 Å². The smallest absolute Gasteiger partial charge is 0.255 e. The van der Waals surface area contributed by atoms with Gasteiger partial charge < -0.3 is 9.84 Å². The van der Waals surface area contributed by atoms with Crippen molar-refractivity contribution in [2.45, 2.75) is 0 Å². The third kappa shape index (κ3) is 2.78. The molecular formula is C11H6ClFINO2. The number of benzene rings is 1. The second-order valence-corrected chi connectivity index (χ2v) is 4.69. The molecule has 0 radical (unpaired) electrons. The van der Waals surface area contributed by atoms with Crippen molar-refractivity contribution < 1.29 is 14.2 Å². The van der Waals surface area contributed by atoms with Crippen LogP contribution in [0.4, 0.5) is 4.39 Å². The third-order valence-corrected chi connectivity index (χ3v) is 3.07. The second kappa shape index (κ2) is 5.05. The molecule has 17 heavy (non-hydrogen) atoms. The Bertz CT molecular complexity index is 565. The van der Waals surface area contributed by atoms with Crippen LogP contribution in [0.2, 0.25) is 5.02 Å². The van der Waals surface area contributed by atoms with Crippen LogP contribution < -0.4 is 4.74 Å². The Morgan fingerprint density at radius 3 is 2.82 bits per heavy atom. The first kappa shape index (κ1) is 12.4. The van der Waals surface area contributed by atoms with Gasteiger partial charge in [0.25, 0.3) is 5.88 Å². The first-order chi connectivity index (χ1) is 8.08. The summed E-state index contributed by atoms with van der Waals surface area (Å²) in [7, 11) is 0. The molecular weight excluding hydrogens is 359 g/mol. The van der Waals surface area contributed by atoms with Crippen LogP contribution in [-0.2, 0) is 0 Å². The molecule has 0 aliphatic carbocycles. The molecule has 1 aromatic heterocycles. The highest BCUT2D eigenvalue weighted by Crippen LogP contribution is 2.34. The lowest BCUT2D eigenvalue weighted by Gasteiger charge is -2.09. The van der Waals surface area contributed by atoms with Gasteiger partial charge in [-0.2, -0.15) is 0 Å². The van der Waals surface area contributed by atoms with Crippen molar-refractivity contribution in [1.29, 1.82) is 0 Å². The highest BCUT2D eigenvalue weighted by molar-refractivity contribution is 14.1. The van der Waals surface area contributed by atoms with Gasteiger partial charge in [0.1, 0.15) is 11.6 Å². The Kier molecular flexibility index (Phi) is 3.68. The van der Waals surface area contributed by atoms with Gasteiger partial charge in [-0.05, 0) is 46.9 Å². The molecule has 3 nitrogen and oxygen atoms in total. The zero-order valence-corrected chi connectivity index (χ0v) is 11.2. The van der Waals surface area contributed by atoms with Gasteiger partial charge in [-0.15, -0.1) is 0 Å². The van der Waals surface area contributed by atoms with Crippen LogP contribution in [-0.4, -0.2) is 10.1 Å². The summed E-state index contributed by atoms with van der Waals surface area (Å²) in [6.07, 6.45) is 1.43. The van der Waals surface area contributed by atoms with E-state index >= 15 is 0 Å². The lowest BCUT2D eigenvalue weighted by Crippen LogP contribution is -1.90. The molecule has 0 spiro atoms. The van der Waals surface area contributed by atoms with E-state index in [2.05, 4.69) is 4.98 Å². The average molecular weight is 366 g/mol. The van der Waals surface area contributed by atoms with Crippen molar-refractivity contribution in [2.75, 3.05) is 0 Å². The molecule has 0 aliphatic heterocycles. The lowest BCUT2D eigenvalue weighted by molar-refractivity contribution is 0.395. The Balaban J connectivity index is 2.37. The van der Waals surface area contributed by atoms with Crippen molar-refractivity contribution in [1.82, 2.24) is 4.98 Å². The Labute approximate surface area is 115 Å². The second-order valence-electron chi connectivity index (χ2n) is 3.12. The maximum atomic E-state index is 13.2. The fourth-order valence-electron chi connectivity index (χ4n) is 1.16. The Morgan fingerprint density at radius 1 is 1.35 bits per heavy atom. The standard InChI is InChI=1S/C11H6ClFINO2/c12-6-4-7(13)8(14)5-10(6)17-9-2-1-3-15-11(9)16/h1-5H,(H,15,16). The highest BCUT2D eigenvalue weighted by atomic mass is 127. The van der Waals surface area contributed by atoms with E-state index in [0.29, 0.717) is 3.57 Å². The van der Waals surface area contributed by atoms with Gasteiger partial charge in [0.2, 0.25) is 0 Å². The molecule has 6 heteroatoms. The first-order valence-corrected chi connectivity index (χ1v) is 6.00. The maximum absolute atomic E-state index is 13.2. The monoisotopic (exact) mass is 365 g/mol. The molecule has 0 bridgehead atoms. The molecule has 0 amide bonds. The molecule has 0 saturated heterocycles. The van der Waals surface area contributed by atoms with E-state index in [1.54, 1.807) is 6.07 Å². The topological polar surface area (TPSA) is 42.4 Å². The lowest BCUT2D eigenvalue weighted by atomic mass is 10.3. The van der Waals surface area contributed by atoms with E-state index in [4.69, 9.17) is 16.3 Å². The number of hydrogen-bond donors (Lipinski definition) is 1. The predicted molar refractivity (Wildman–Crippen MR) is 70.1 cm³/mol. The van der Waals surface area contributed by atoms with Gasteiger partial charge in [0, 0.05) is 6.20 Å². The van der Waals surface area contributed by atoms with Gasteiger partial charge in [-0.1, -0.05) is 11.6 Å². The fraction of sp³-hybridized carbons (Fsp3) is 0. The number of hydrogen-bond acceptors (Lipinski definition) is 3. The van der Waals surface area contributed by atoms with Crippen LogP contribution >= 0.6 is 34.2 Å². The van der Waals surface area contributed by atoms with Crippen molar-refractivity contribution in [3.05, 3.63) is 44.9 Å². The zero-order valence-electron chi connectivity index (χ0n) is 8.32. The van der Waals surface area contributed by atoms with E-state index in [0.717, 1.165) is 6.07 Å². The van der Waals surface area contributed by atoms with Crippen molar-refractivity contribution in [3.63, 3.8) is 0 Å². The summed E-state index contributed by atoms with van der Waals surface area (Å²) in [5, 5.41) is 9.56. The van der Waals surface area contributed by atoms with Crippen LogP contribution in [0.25, 0.3) is 0 Å². The van der Waals surface area contributed by atoms with Crippen LogP contribution in [0.1, 0.15) is 0 Å². The van der Waals surface area contributed by atoms with Crippen LogP contribution in [0.15, 0.2) is 30.5 Å². The molecule has 0 fully saturated rings. The minimum Gasteiger partial charge on any atom is -0.491 e. The van der Waals surface area contributed by atoms with Gasteiger partial charge in [0.15, 0.2) is 5.75 Å². The Hall–Kier alpha value is -1.08. The summed E-state index contributed by atoms with van der Waals surface area (Å²) in [6.45, 7) is 0. The van der Waals surface area contributed by atoms with Crippen LogP contribution in [0.3, 0.4) is 0 Å². The van der Waals surface area contributed by atoms with Gasteiger partial charge in [-0.3, -0.25) is 0 Å². The molecule has 1 N–H and O–H groups in total. The molecule has 0 atom stereocenters. The predicted octanol–water partition coefficient (Wildman–Crippen LogP) is 3.98. The summed E-state index contributed by atoms with van der Waals surface area (Å²) in [5.74, 6) is -0.237. The molecule has 0 aliphatic rings. The zero-order chi connectivity index (χ0) is 12.4. The van der Waals surface area contributed by atoms with E-state index in [1.165, 1.54) is 18.3 Å². The normalized spacial score (nSPS) is 10.3. The van der Waals surface area contributed by atoms with Gasteiger partial charge in [0.05, 0.1) is 8.59 Å². The molecule has 0 unspecified atom stereocenters. The number of aromatic hydroxyl groups is 1. The molecule has 1 heterocycles. The molecule has 2 rings (SSSR count). The molecule has 1 aromatic carbocycles. The van der Waals surface area contributed by atoms with Crippen LogP contribution in [0, 0.1) is 9.39 Å². The SMILES string of the molecule is Oc1ncccc1Oc1cc(I)c(F)cc1Cl. The van der Waals surface area contributed by atoms with Gasteiger partial charge >= 0.3 is 0 Å². The summed E-state index contributed by atoms with van der Waals surface area (Å²) < 4.78 is 18.9. The fourth-order valence-corrected chi connectivity index (χ4v) is 1.79. The van der Waals surface area contributed by atoms with Crippen molar-refractivity contribution in [3.8, 4) is 17.4 Å². The van der Waals surface area contributed by atoms with Crippen molar-refractivity contribution >= 4 is 34.2 Å². The minimum atomic E-state index is -0.418. The summed E-state index contributed by atoms with van der Waals surface area (Å²) in [4.78, 5) is 3.66. The average Bonchev–Trinajstić information content (AvgIpc) is 2.29. The molecule has 0 saturated carbocycles. The number of halogens is 3. The number of rotatable bonds is 2. The van der Waals surface area contributed by atoms with E-state index in [-0.39, 0.29) is 22.4 Å². The highest BCUT2D eigenvalue weighted by Gasteiger charge is 2.11. The largest absolute Gasteiger partial charge is 0.491 e. The number of aromatic nitrogens is 1. The third-order valence-electron chi connectivity index (χ3n) is 1.95.